The van der Waals surface area contributed by atoms with E-state index in [9.17, 15) is 9.59 Å². The summed E-state index contributed by atoms with van der Waals surface area (Å²) in [5, 5.41) is 7.36. The first-order chi connectivity index (χ1) is 15.4. The van der Waals surface area contributed by atoms with Crippen molar-refractivity contribution in [2.24, 2.45) is 10.8 Å². The fraction of sp³-hybridized carbons (Fsp3) is 0.350. The Morgan fingerprint density at radius 1 is 1.19 bits per heavy atom. The lowest BCUT2D eigenvalue weighted by Gasteiger charge is -2.30. The van der Waals surface area contributed by atoms with Crippen LogP contribution in [0.25, 0.3) is 0 Å². The van der Waals surface area contributed by atoms with Gasteiger partial charge in [-0.3, -0.25) is 14.6 Å². The molecule has 0 radical (unpaired) electrons. The summed E-state index contributed by atoms with van der Waals surface area (Å²) in [7, 11) is 0. The minimum Gasteiger partial charge on any atom is -0.380 e. The second-order valence-corrected chi connectivity index (χ2v) is 9.41. The molecule has 1 saturated heterocycles. The monoisotopic (exact) mass is 470 g/mol. The molecule has 4 heterocycles. The van der Waals surface area contributed by atoms with E-state index in [0.29, 0.717) is 18.8 Å². The number of piperidine rings is 1. The van der Waals surface area contributed by atoms with Gasteiger partial charge in [-0.15, -0.1) is 22.7 Å². The molecule has 166 valence electrons. The summed E-state index contributed by atoms with van der Waals surface area (Å²) in [5.41, 5.74) is 9.67. The summed E-state index contributed by atoms with van der Waals surface area (Å²) in [6, 6.07) is 0. The number of carbonyl (C=O) groups excluding carboxylic acids is 2. The maximum Gasteiger partial charge on any atom is 0.290 e. The van der Waals surface area contributed by atoms with Crippen LogP contribution in [0.15, 0.2) is 29.1 Å². The number of aromatic nitrogens is 4. The molecule has 1 aliphatic rings. The first kappa shape index (κ1) is 22.0. The van der Waals surface area contributed by atoms with Crippen LogP contribution in [-0.4, -0.2) is 55.6 Å². The van der Waals surface area contributed by atoms with E-state index in [1.165, 1.54) is 41.3 Å². The summed E-state index contributed by atoms with van der Waals surface area (Å²) < 4.78 is 0. The number of likely N-dealkylation sites (tertiary alicyclic amines) is 1. The molecule has 0 aliphatic carbocycles. The summed E-state index contributed by atoms with van der Waals surface area (Å²) in [5.74, 6) is -0.124. The lowest BCUT2D eigenvalue weighted by atomic mass is 9.97. The van der Waals surface area contributed by atoms with Crippen molar-refractivity contribution < 1.29 is 9.59 Å². The standard InChI is InChI=1S/C20H22N8O2S2/c1-11-16(32-12(2)24-11)20(30)28-7-3-13(4-8-28)19-25-15(10-31-19)18(29)27-26-17(21)14-9-22-5-6-23-14/h5-6,9-10,13H,3-4,7-8H2,1-2H3,(H2,21,26)(H,27,29). The quantitative estimate of drug-likeness (QED) is 0.330. The van der Waals surface area contributed by atoms with Gasteiger partial charge >= 0.3 is 0 Å². The van der Waals surface area contributed by atoms with Crippen molar-refractivity contribution in [3.05, 3.63) is 55.9 Å². The third-order valence-corrected chi connectivity index (χ3v) is 7.16. The smallest absolute Gasteiger partial charge is 0.290 e. The van der Waals surface area contributed by atoms with Crippen molar-refractivity contribution >= 4 is 40.3 Å². The molecule has 0 unspecified atom stereocenters. The summed E-state index contributed by atoms with van der Waals surface area (Å²) in [4.78, 5) is 44.6. The number of rotatable bonds is 5. The maximum atomic E-state index is 12.8. The molecular weight excluding hydrogens is 448 g/mol. The Balaban J connectivity index is 1.34. The first-order valence-electron chi connectivity index (χ1n) is 10.0. The Hall–Kier alpha value is -3.25. The number of hydrazone groups is 1. The number of amides is 2. The van der Waals surface area contributed by atoms with Gasteiger partial charge in [-0.1, -0.05) is 0 Å². The third-order valence-electron chi connectivity index (χ3n) is 5.09. The van der Waals surface area contributed by atoms with Gasteiger partial charge in [-0.2, -0.15) is 5.10 Å². The fourth-order valence-corrected chi connectivity index (χ4v) is 5.30. The highest BCUT2D eigenvalue weighted by Gasteiger charge is 2.28. The van der Waals surface area contributed by atoms with Crippen LogP contribution in [0.1, 0.15) is 60.3 Å². The Morgan fingerprint density at radius 2 is 1.97 bits per heavy atom. The van der Waals surface area contributed by atoms with E-state index >= 15 is 0 Å². The zero-order valence-corrected chi connectivity index (χ0v) is 19.2. The average Bonchev–Trinajstić information content (AvgIpc) is 3.44. The molecule has 2 amide bonds. The van der Waals surface area contributed by atoms with Crippen LogP contribution >= 0.6 is 22.7 Å². The molecule has 0 aromatic carbocycles. The van der Waals surface area contributed by atoms with Gasteiger partial charge in [0, 0.05) is 36.8 Å². The molecule has 32 heavy (non-hydrogen) atoms. The number of amidine groups is 1. The second-order valence-electron chi connectivity index (χ2n) is 7.31. The third kappa shape index (κ3) is 4.81. The van der Waals surface area contributed by atoms with E-state index in [2.05, 4.69) is 30.5 Å². The molecular formula is C20H22N8O2S2. The minimum atomic E-state index is -0.442. The van der Waals surface area contributed by atoms with Crippen LogP contribution in [0.5, 0.6) is 0 Å². The summed E-state index contributed by atoms with van der Waals surface area (Å²) >= 11 is 2.88. The zero-order valence-electron chi connectivity index (χ0n) is 17.6. The van der Waals surface area contributed by atoms with Crippen LogP contribution in [0.3, 0.4) is 0 Å². The van der Waals surface area contributed by atoms with Gasteiger partial charge in [0.25, 0.3) is 11.8 Å². The van der Waals surface area contributed by atoms with Crippen molar-refractivity contribution in [1.29, 1.82) is 0 Å². The zero-order chi connectivity index (χ0) is 22.7. The van der Waals surface area contributed by atoms with Gasteiger partial charge in [-0.25, -0.2) is 20.4 Å². The number of hydrogen-bond donors (Lipinski definition) is 2. The second kappa shape index (κ2) is 9.49. The lowest BCUT2D eigenvalue weighted by molar-refractivity contribution is 0.0717. The summed E-state index contributed by atoms with van der Waals surface area (Å²) in [6.45, 7) is 5.09. The molecule has 0 spiro atoms. The van der Waals surface area contributed by atoms with Gasteiger partial charge in [0.15, 0.2) is 5.84 Å². The molecule has 3 N–H and O–H groups in total. The Kier molecular flexibility index (Phi) is 6.51. The normalized spacial score (nSPS) is 15.1. The molecule has 0 saturated carbocycles. The fourth-order valence-electron chi connectivity index (χ4n) is 3.44. The van der Waals surface area contributed by atoms with E-state index in [1.54, 1.807) is 5.38 Å². The molecule has 4 rings (SSSR count). The predicted octanol–water partition coefficient (Wildman–Crippen LogP) is 2.08. The van der Waals surface area contributed by atoms with Crippen LogP contribution in [-0.2, 0) is 0 Å². The van der Waals surface area contributed by atoms with Gasteiger partial charge in [0.05, 0.1) is 21.9 Å². The van der Waals surface area contributed by atoms with Crippen LogP contribution in [0.2, 0.25) is 0 Å². The average molecular weight is 471 g/mol. The highest BCUT2D eigenvalue weighted by Crippen LogP contribution is 2.31. The maximum absolute atomic E-state index is 12.8. The number of aryl methyl sites for hydroxylation is 2. The van der Waals surface area contributed by atoms with Crippen LogP contribution < -0.4 is 11.2 Å². The number of hydrogen-bond acceptors (Lipinski definition) is 9. The molecule has 3 aromatic heterocycles. The van der Waals surface area contributed by atoms with Gasteiger partial charge in [0.1, 0.15) is 16.3 Å². The number of carbonyl (C=O) groups is 2. The molecule has 1 fully saturated rings. The summed E-state index contributed by atoms with van der Waals surface area (Å²) in [6.07, 6.45) is 6.07. The number of nitrogens with one attached hydrogen (secondary N) is 1. The Morgan fingerprint density at radius 3 is 2.62 bits per heavy atom. The Labute approximate surface area is 192 Å². The van der Waals surface area contributed by atoms with E-state index in [0.717, 1.165) is 33.4 Å². The molecule has 10 nitrogen and oxygen atoms in total. The van der Waals surface area contributed by atoms with E-state index in [4.69, 9.17) is 5.73 Å². The highest BCUT2D eigenvalue weighted by molar-refractivity contribution is 7.13. The molecule has 12 heteroatoms. The number of thiazole rings is 2. The van der Waals surface area contributed by atoms with E-state index < -0.39 is 5.91 Å². The van der Waals surface area contributed by atoms with Crippen molar-refractivity contribution in [3.63, 3.8) is 0 Å². The molecule has 0 atom stereocenters. The van der Waals surface area contributed by atoms with Gasteiger partial charge in [0.2, 0.25) is 0 Å². The predicted molar refractivity (Wildman–Crippen MR) is 122 cm³/mol. The van der Waals surface area contributed by atoms with Crippen LogP contribution in [0.4, 0.5) is 0 Å². The van der Waals surface area contributed by atoms with E-state index in [1.807, 2.05) is 18.7 Å². The van der Waals surface area contributed by atoms with E-state index in [-0.39, 0.29) is 23.4 Å². The minimum absolute atomic E-state index is 0.0457. The molecule has 1 aliphatic heterocycles. The van der Waals surface area contributed by atoms with Gasteiger partial charge in [-0.05, 0) is 26.7 Å². The lowest BCUT2D eigenvalue weighted by Crippen LogP contribution is -2.37. The van der Waals surface area contributed by atoms with Crippen molar-refractivity contribution in [3.8, 4) is 0 Å². The highest BCUT2D eigenvalue weighted by atomic mass is 32.1. The largest absolute Gasteiger partial charge is 0.380 e. The molecule has 0 bridgehead atoms. The van der Waals surface area contributed by atoms with Crippen molar-refractivity contribution in [2.45, 2.75) is 32.6 Å². The number of nitrogens with two attached hydrogens (primary N) is 1. The topological polar surface area (TPSA) is 139 Å². The van der Waals surface area contributed by atoms with Gasteiger partial charge < -0.3 is 10.6 Å². The first-order valence-corrected chi connectivity index (χ1v) is 11.7. The van der Waals surface area contributed by atoms with Crippen LogP contribution in [0, 0.1) is 13.8 Å². The molecule has 3 aromatic rings. The Bertz CT molecular complexity index is 1150. The van der Waals surface area contributed by atoms with Crippen molar-refractivity contribution in [2.75, 3.05) is 13.1 Å². The van der Waals surface area contributed by atoms with Crippen molar-refractivity contribution in [1.82, 2.24) is 30.3 Å². The SMILES string of the molecule is Cc1nc(C)c(C(=O)N2CCC(c3nc(C(=O)N/N=C(/N)c4cnccn4)cs3)CC2)s1. The number of nitrogens with zero attached hydrogens (tertiary/aromatic N) is 6.